The van der Waals surface area contributed by atoms with Crippen molar-refractivity contribution in [1.29, 1.82) is 0 Å². The van der Waals surface area contributed by atoms with E-state index in [0.717, 1.165) is 6.42 Å². The van der Waals surface area contributed by atoms with Crippen molar-refractivity contribution in [2.24, 2.45) is 0 Å². The van der Waals surface area contributed by atoms with Gasteiger partial charge in [-0.25, -0.2) is 0 Å². The topological polar surface area (TPSA) is 26.3 Å². The Hall–Kier alpha value is 1.47. The minimum absolute atomic E-state index is 0. The van der Waals surface area contributed by atoms with Crippen LogP contribution in [0.25, 0.3) is 0 Å². The molecule has 0 unspecified atom stereocenters. The molecule has 0 aliphatic rings. The molecule has 0 N–H and O–H groups in total. The van der Waals surface area contributed by atoms with E-state index in [4.69, 9.17) is 0 Å². The molecular formula is C4H8Na2O2. The van der Waals surface area contributed by atoms with Crippen LogP contribution in [0, 0.1) is 0 Å². The smallest absolute Gasteiger partial charge is 1.00 e. The molecular weight excluding hydrogens is 126 g/mol. The van der Waals surface area contributed by atoms with Crippen LogP contribution in [-0.4, -0.2) is 13.1 Å². The van der Waals surface area contributed by atoms with Gasteiger partial charge in [0.1, 0.15) is 0 Å². The Morgan fingerprint density at radius 1 is 1.62 bits per heavy atom. The molecule has 0 aliphatic carbocycles. The summed E-state index contributed by atoms with van der Waals surface area (Å²) in [6.45, 7) is 3.74. The van der Waals surface area contributed by atoms with Crippen LogP contribution in [0.4, 0.5) is 0 Å². The summed E-state index contributed by atoms with van der Waals surface area (Å²) < 4.78 is 4.18. The van der Waals surface area contributed by atoms with Crippen molar-refractivity contribution >= 4 is 6.47 Å². The van der Waals surface area contributed by atoms with Crippen molar-refractivity contribution in [3.8, 4) is 0 Å². The average Bonchev–Trinajstić information content (AvgIpc) is 1.61. The van der Waals surface area contributed by atoms with Crippen molar-refractivity contribution in [3.63, 3.8) is 0 Å². The van der Waals surface area contributed by atoms with Crippen LogP contribution in [0.15, 0.2) is 0 Å². The number of hydrogen-bond donors (Lipinski definition) is 0. The van der Waals surface area contributed by atoms with Gasteiger partial charge in [0, 0.05) is 6.61 Å². The molecule has 38 valence electrons. The fourth-order valence-corrected chi connectivity index (χ4v) is 0.144. The van der Waals surface area contributed by atoms with Gasteiger partial charge in [-0.05, 0) is 6.42 Å². The quantitative estimate of drug-likeness (QED) is 0.219. The molecule has 0 aliphatic heterocycles. The first-order valence-corrected chi connectivity index (χ1v) is 1.90. The summed E-state index contributed by atoms with van der Waals surface area (Å²) in [5.41, 5.74) is 0. The SMILES string of the molecule is CCCO[C-]=O.[H-].[Na+].[Na+]. The summed E-state index contributed by atoms with van der Waals surface area (Å²) in [6.07, 6.45) is 0.870. The van der Waals surface area contributed by atoms with E-state index >= 15 is 0 Å². The molecule has 0 bridgehead atoms. The van der Waals surface area contributed by atoms with Gasteiger partial charge in [-0.2, -0.15) is 0 Å². The molecule has 8 heavy (non-hydrogen) atoms. The summed E-state index contributed by atoms with van der Waals surface area (Å²) in [5.74, 6) is 0. The summed E-state index contributed by atoms with van der Waals surface area (Å²) in [4.78, 5) is 9.22. The summed E-state index contributed by atoms with van der Waals surface area (Å²) in [6, 6.07) is 0. The second-order valence-corrected chi connectivity index (χ2v) is 0.932. The van der Waals surface area contributed by atoms with E-state index in [-0.39, 0.29) is 60.5 Å². The van der Waals surface area contributed by atoms with Gasteiger partial charge in [0.2, 0.25) is 0 Å². The van der Waals surface area contributed by atoms with Gasteiger partial charge in [-0.15, -0.1) is 0 Å². The van der Waals surface area contributed by atoms with E-state index in [1.165, 1.54) is 6.47 Å². The van der Waals surface area contributed by atoms with Gasteiger partial charge >= 0.3 is 59.1 Å². The summed E-state index contributed by atoms with van der Waals surface area (Å²) >= 11 is 0. The number of rotatable bonds is 3. The van der Waals surface area contributed by atoms with Crippen molar-refractivity contribution in [2.75, 3.05) is 6.61 Å². The maximum Gasteiger partial charge on any atom is 1.00 e. The predicted octanol–water partition coefficient (Wildman–Crippen LogP) is -5.40. The first-order valence-electron chi connectivity index (χ1n) is 1.90. The molecule has 4 heteroatoms. The van der Waals surface area contributed by atoms with E-state index in [1.54, 1.807) is 0 Å². The Morgan fingerprint density at radius 2 is 2.12 bits per heavy atom. The minimum atomic E-state index is 0. The third kappa shape index (κ3) is 15.6. The fraction of sp³-hybridized carbons (Fsp3) is 0.750. The maximum atomic E-state index is 9.22. The molecule has 0 saturated heterocycles. The molecule has 0 saturated carbocycles. The normalized spacial score (nSPS) is 5.62. The van der Waals surface area contributed by atoms with Gasteiger partial charge in [-0.1, -0.05) is 13.4 Å². The zero-order chi connectivity index (χ0) is 4.83. The monoisotopic (exact) mass is 134 g/mol. The Morgan fingerprint density at radius 3 is 2.25 bits per heavy atom. The van der Waals surface area contributed by atoms with E-state index < -0.39 is 0 Å². The second-order valence-electron chi connectivity index (χ2n) is 0.932. The molecule has 0 amide bonds. The van der Waals surface area contributed by atoms with Gasteiger partial charge < -0.3 is 11.0 Å². The third-order valence-electron chi connectivity index (χ3n) is 0.365. The van der Waals surface area contributed by atoms with E-state index in [1.807, 2.05) is 6.92 Å². The van der Waals surface area contributed by atoms with E-state index in [9.17, 15) is 4.79 Å². The van der Waals surface area contributed by atoms with Gasteiger partial charge in [0.05, 0.1) is 0 Å². The van der Waals surface area contributed by atoms with E-state index in [2.05, 4.69) is 4.74 Å². The molecule has 0 fully saturated rings. The van der Waals surface area contributed by atoms with Crippen molar-refractivity contribution < 1.29 is 70.1 Å². The van der Waals surface area contributed by atoms with Crippen molar-refractivity contribution in [2.45, 2.75) is 13.3 Å². The zero-order valence-electron chi connectivity index (χ0n) is 6.73. The van der Waals surface area contributed by atoms with Crippen molar-refractivity contribution in [1.82, 2.24) is 0 Å². The average molecular weight is 134 g/mol. The zero-order valence-corrected chi connectivity index (χ0v) is 9.73. The Balaban J connectivity index is -0.0000000417. The first-order chi connectivity index (χ1) is 2.91. The molecule has 0 radical (unpaired) electrons. The van der Waals surface area contributed by atoms with Crippen LogP contribution < -0.4 is 59.1 Å². The van der Waals surface area contributed by atoms with Crippen LogP contribution in [0.3, 0.4) is 0 Å². The van der Waals surface area contributed by atoms with Crippen LogP contribution in [0.1, 0.15) is 14.8 Å². The second kappa shape index (κ2) is 15.8. The molecule has 0 aromatic carbocycles. The predicted molar refractivity (Wildman–Crippen MR) is 23.0 cm³/mol. The van der Waals surface area contributed by atoms with Gasteiger partial charge in [0.15, 0.2) is 0 Å². The molecule has 0 atom stereocenters. The number of hydrogen-bond acceptors (Lipinski definition) is 2. The standard InChI is InChI=1S/C4H7O2.2Na.H/c1-2-3-6-4-5;;;/h2-3H2,1H3;;;/q-1;2*+1;-1. The Bertz CT molecular complexity index is 45.5. The molecule has 2 nitrogen and oxygen atoms in total. The molecule has 0 rings (SSSR count). The van der Waals surface area contributed by atoms with E-state index in [0.29, 0.717) is 6.61 Å². The Labute approximate surface area is 95.4 Å². The van der Waals surface area contributed by atoms with Crippen LogP contribution >= 0.6 is 0 Å². The van der Waals surface area contributed by atoms with Crippen LogP contribution in [-0.2, 0) is 9.53 Å². The molecule has 0 heterocycles. The largest absolute Gasteiger partial charge is 1.00 e. The molecule has 0 spiro atoms. The summed E-state index contributed by atoms with van der Waals surface area (Å²) in [5, 5.41) is 0. The first kappa shape index (κ1) is 16.2. The number of carbonyl (C=O) groups excluding carboxylic acids is 1. The molecule has 0 aromatic rings. The molecule has 0 aromatic heterocycles. The van der Waals surface area contributed by atoms with Crippen LogP contribution in [0.2, 0.25) is 0 Å². The van der Waals surface area contributed by atoms with Gasteiger partial charge in [-0.3, -0.25) is 0 Å². The Kier molecular flexibility index (Phi) is 32.0. The van der Waals surface area contributed by atoms with Crippen molar-refractivity contribution in [3.05, 3.63) is 0 Å². The number of ether oxygens (including phenoxy) is 1. The van der Waals surface area contributed by atoms with Gasteiger partial charge in [0.25, 0.3) is 0 Å². The summed E-state index contributed by atoms with van der Waals surface area (Å²) in [7, 11) is 0. The fourth-order valence-electron chi connectivity index (χ4n) is 0.144. The third-order valence-corrected chi connectivity index (χ3v) is 0.365. The maximum absolute atomic E-state index is 9.22. The minimum Gasteiger partial charge on any atom is -1.00 e. The van der Waals surface area contributed by atoms with Crippen LogP contribution in [0.5, 0.6) is 0 Å².